The molecule has 0 aliphatic carbocycles. The molecule has 500 valence electrons. The molecule has 0 aromatic rings. The maximum atomic E-state index is 11.9. The van der Waals surface area contributed by atoms with E-state index in [0.29, 0.717) is 25.0 Å². The maximum absolute atomic E-state index is 11.9. The van der Waals surface area contributed by atoms with Gasteiger partial charge >= 0.3 is 5.97 Å². The monoisotopic (exact) mass is 1180 g/mol. The molecule has 1 aliphatic heterocycles. The van der Waals surface area contributed by atoms with Gasteiger partial charge in [-0.2, -0.15) is 0 Å². The number of rotatable bonds is 73. The Morgan fingerprint density at radius 3 is 0.929 bits per heavy atom. The number of unbranched alkanes of at least 4 members (excludes halogenated alkanes) is 58. The number of aliphatic carboxylic acids is 1. The molecule has 0 spiro atoms. The first-order valence-corrected chi connectivity index (χ1v) is 39.6. The van der Waals surface area contributed by atoms with Crippen LogP contribution in [0.15, 0.2) is 12.2 Å². The first-order chi connectivity index (χ1) is 41.4. The number of carbonyl (C=O) groups is 1. The molecule has 0 saturated carbocycles. The smallest absolute Gasteiger partial charge is 0.309 e. The van der Waals surface area contributed by atoms with Crippen molar-refractivity contribution >= 4 is 5.97 Å². The van der Waals surface area contributed by atoms with Crippen LogP contribution >= 0.6 is 0 Å². The molecule has 0 amide bonds. The van der Waals surface area contributed by atoms with Gasteiger partial charge < -0.3 is 14.9 Å². The van der Waals surface area contributed by atoms with E-state index in [0.717, 1.165) is 37.5 Å². The highest BCUT2D eigenvalue weighted by molar-refractivity contribution is 5.70. The second-order valence-corrected chi connectivity index (χ2v) is 28.6. The Morgan fingerprint density at radius 2 is 0.607 bits per heavy atom. The third-order valence-corrected chi connectivity index (χ3v) is 20.1. The number of hydrogen-bond donors (Lipinski definition) is 2. The Bertz CT molecular complexity index is 1300. The standard InChI is InChI=1S/C80H156O4/c1-5-7-9-11-13-15-17-19-21-22-23-24-27-30-34-41-47-53-59-65-71-76(80(82)83)77(81)72-66-60-54-48-42-35-31-28-25-26-29-32-38-44-50-56-62-68-74(3)69-63-57-51-45-39-36-37-43-49-55-61-67-73-78-79(84-78)75(4)70-64-58-52-46-40-33-20-18-16-14-12-10-8-6-2/h63,69,74-79,81H,5-62,64-68,70-73H2,1-4H3,(H,82,83)/b69-63+/t74-,75+,76+,77+,78-,79-/m0/s1. The summed E-state index contributed by atoms with van der Waals surface area (Å²) in [6.07, 6.45) is 96.4. The van der Waals surface area contributed by atoms with Gasteiger partial charge in [-0.15, -0.1) is 0 Å². The van der Waals surface area contributed by atoms with Crippen LogP contribution in [0.1, 0.15) is 458 Å². The van der Waals surface area contributed by atoms with Gasteiger partial charge in [-0.25, -0.2) is 0 Å². The molecule has 0 radical (unpaired) electrons. The topological polar surface area (TPSA) is 70.1 Å². The Hall–Kier alpha value is -0.870. The van der Waals surface area contributed by atoms with Gasteiger partial charge in [0.15, 0.2) is 0 Å². The van der Waals surface area contributed by atoms with Crippen molar-refractivity contribution in [2.45, 2.75) is 476 Å². The van der Waals surface area contributed by atoms with Crippen molar-refractivity contribution in [1.82, 2.24) is 0 Å². The lowest BCUT2D eigenvalue weighted by atomic mass is 9.91. The fraction of sp³-hybridized carbons (Fsp3) is 0.963. The molecule has 0 aromatic heterocycles. The normalized spacial score (nSPS) is 15.8. The van der Waals surface area contributed by atoms with E-state index in [1.807, 2.05) is 0 Å². The third-order valence-electron chi connectivity index (χ3n) is 20.1. The van der Waals surface area contributed by atoms with Crippen LogP contribution in [-0.2, 0) is 9.53 Å². The second kappa shape index (κ2) is 66.5. The van der Waals surface area contributed by atoms with Crippen molar-refractivity contribution in [3.05, 3.63) is 12.2 Å². The minimum absolute atomic E-state index is 0.581. The summed E-state index contributed by atoms with van der Waals surface area (Å²) in [5, 5.41) is 20.5. The average Bonchev–Trinajstić information content (AvgIpc) is 4.49. The highest BCUT2D eigenvalue weighted by atomic mass is 16.6. The van der Waals surface area contributed by atoms with Gasteiger partial charge in [-0.1, -0.05) is 425 Å². The van der Waals surface area contributed by atoms with Crippen LogP contribution in [-0.4, -0.2) is 34.5 Å². The molecule has 1 rings (SSSR count). The largest absolute Gasteiger partial charge is 0.481 e. The van der Waals surface area contributed by atoms with Crippen LogP contribution in [0.5, 0.6) is 0 Å². The fourth-order valence-electron chi connectivity index (χ4n) is 13.9. The zero-order valence-corrected chi connectivity index (χ0v) is 58.2. The summed E-state index contributed by atoms with van der Waals surface area (Å²) in [6, 6.07) is 0. The van der Waals surface area contributed by atoms with E-state index in [4.69, 9.17) is 4.74 Å². The van der Waals surface area contributed by atoms with E-state index in [2.05, 4.69) is 39.8 Å². The number of carboxylic acid groups (broad SMARTS) is 1. The van der Waals surface area contributed by atoms with Crippen molar-refractivity contribution in [1.29, 1.82) is 0 Å². The number of ether oxygens (including phenoxy) is 1. The van der Waals surface area contributed by atoms with Crippen LogP contribution in [0, 0.1) is 17.8 Å². The Labute approximate surface area is 529 Å². The molecule has 2 N–H and O–H groups in total. The molecular formula is C80H156O4. The quantitative estimate of drug-likeness (QED) is 0.0362. The van der Waals surface area contributed by atoms with Crippen LogP contribution in [0.3, 0.4) is 0 Å². The van der Waals surface area contributed by atoms with E-state index in [-0.39, 0.29) is 0 Å². The highest BCUT2D eigenvalue weighted by Crippen LogP contribution is 2.36. The van der Waals surface area contributed by atoms with E-state index < -0.39 is 18.0 Å². The minimum atomic E-state index is -0.801. The Balaban J connectivity index is 1.76. The van der Waals surface area contributed by atoms with E-state index >= 15 is 0 Å². The Morgan fingerprint density at radius 1 is 0.345 bits per heavy atom. The van der Waals surface area contributed by atoms with Crippen molar-refractivity contribution in [2.24, 2.45) is 17.8 Å². The SMILES string of the molecule is CCCCCCCCCCCCCCCCCCCCCC[C@@H](C(=O)O)[C@H](O)CCCCCCCCCCCCCCCCCCC[C@H](C)/C=C/CCCCCCCCCCCC[C@@H]1O[C@H]1[C@H](C)CCCCCCCCCCCCCCCC. The average molecular weight is 1180 g/mol. The maximum Gasteiger partial charge on any atom is 0.309 e. The number of aliphatic hydroxyl groups excluding tert-OH is 1. The predicted octanol–water partition coefficient (Wildman–Crippen LogP) is 27.8. The molecule has 84 heavy (non-hydrogen) atoms. The van der Waals surface area contributed by atoms with Crippen molar-refractivity contribution in [3.63, 3.8) is 0 Å². The summed E-state index contributed by atoms with van der Waals surface area (Å²) in [4.78, 5) is 11.9. The number of epoxide rings is 1. The van der Waals surface area contributed by atoms with Crippen molar-refractivity contribution < 1.29 is 19.7 Å². The van der Waals surface area contributed by atoms with Crippen LogP contribution in [0.2, 0.25) is 0 Å². The van der Waals surface area contributed by atoms with Crippen molar-refractivity contribution in [3.8, 4) is 0 Å². The summed E-state index contributed by atoms with van der Waals surface area (Å²) >= 11 is 0. The van der Waals surface area contributed by atoms with Gasteiger partial charge in [0, 0.05) is 0 Å². The predicted molar refractivity (Wildman–Crippen MR) is 374 cm³/mol. The summed E-state index contributed by atoms with van der Waals surface area (Å²) in [6.45, 7) is 9.48. The lowest BCUT2D eigenvalue weighted by molar-refractivity contribution is -0.146. The molecule has 1 aliphatic rings. The molecule has 1 saturated heterocycles. The molecule has 1 fully saturated rings. The molecule has 0 aromatic carbocycles. The van der Waals surface area contributed by atoms with Gasteiger partial charge in [0.2, 0.25) is 0 Å². The van der Waals surface area contributed by atoms with E-state index in [1.165, 1.54) is 392 Å². The van der Waals surface area contributed by atoms with Crippen molar-refractivity contribution in [2.75, 3.05) is 0 Å². The highest BCUT2D eigenvalue weighted by Gasteiger charge is 2.41. The first-order valence-electron chi connectivity index (χ1n) is 39.6. The fourth-order valence-corrected chi connectivity index (χ4v) is 13.9. The third kappa shape index (κ3) is 58.8. The molecular weight excluding hydrogens is 1020 g/mol. The van der Waals surface area contributed by atoms with Crippen LogP contribution < -0.4 is 0 Å². The minimum Gasteiger partial charge on any atom is -0.481 e. The zero-order chi connectivity index (χ0) is 60.5. The molecule has 6 atom stereocenters. The number of aliphatic hydroxyl groups is 1. The second-order valence-electron chi connectivity index (χ2n) is 28.6. The summed E-state index contributed by atoms with van der Waals surface area (Å²) in [5.74, 6) is 0.125. The van der Waals surface area contributed by atoms with Gasteiger partial charge in [0.05, 0.1) is 24.2 Å². The Kier molecular flexibility index (Phi) is 64.3. The lowest BCUT2D eigenvalue weighted by Crippen LogP contribution is -2.28. The summed E-state index contributed by atoms with van der Waals surface area (Å²) in [7, 11) is 0. The molecule has 1 heterocycles. The van der Waals surface area contributed by atoms with Gasteiger partial charge in [-0.05, 0) is 56.8 Å². The molecule has 0 bridgehead atoms. The van der Waals surface area contributed by atoms with Gasteiger partial charge in [0.1, 0.15) is 0 Å². The molecule has 4 nitrogen and oxygen atoms in total. The molecule has 4 heteroatoms. The van der Waals surface area contributed by atoms with Crippen LogP contribution in [0.25, 0.3) is 0 Å². The summed E-state index contributed by atoms with van der Waals surface area (Å²) in [5.41, 5.74) is 0. The number of carboxylic acids is 1. The molecule has 0 unspecified atom stereocenters. The number of hydrogen-bond acceptors (Lipinski definition) is 3. The lowest BCUT2D eigenvalue weighted by Gasteiger charge is -2.19. The zero-order valence-electron chi connectivity index (χ0n) is 58.2. The van der Waals surface area contributed by atoms with Crippen LogP contribution in [0.4, 0.5) is 0 Å². The van der Waals surface area contributed by atoms with Gasteiger partial charge in [-0.3, -0.25) is 4.79 Å². The van der Waals surface area contributed by atoms with E-state index in [1.54, 1.807) is 0 Å². The van der Waals surface area contributed by atoms with Gasteiger partial charge in [0.25, 0.3) is 0 Å². The van der Waals surface area contributed by atoms with E-state index in [9.17, 15) is 15.0 Å². The first kappa shape index (κ1) is 81.1. The number of allylic oxidation sites excluding steroid dienone is 2. The summed E-state index contributed by atoms with van der Waals surface area (Å²) < 4.78 is 6.14.